The summed E-state index contributed by atoms with van der Waals surface area (Å²) in [6, 6.07) is 8.39. The predicted octanol–water partition coefficient (Wildman–Crippen LogP) is 1.69. The Kier molecular flexibility index (Phi) is 3.23. The largest absolute Gasteiger partial charge is 0.452 e. The van der Waals surface area contributed by atoms with Crippen LogP contribution >= 0.6 is 0 Å². The van der Waals surface area contributed by atoms with Crippen LogP contribution in [0, 0.1) is 7.05 Å². The summed E-state index contributed by atoms with van der Waals surface area (Å²) in [7, 11) is 4.49. The number of imide groups is 1. The number of nitrogens with zero attached hydrogens (tertiary/aromatic N) is 1. The van der Waals surface area contributed by atoms with Crippen LogP contribution in [0.3, 0.4) is 0 Å². The highest BCUT2D eigenvalue weighted by Crippen LogP contribution is 2.04. The summed E-state index contributed by atoms with van der Waals surface area (Å²) in [5.74, 6) is -0.488. The van der Waals surface area contributed by atoms with Crippen molar-refractivity contribution in [3.63, 3.8) is 0 Å². The van der Waals surface area contributed by atoms with Crippen LogP contribution in [-0.4, -0.2) is 24.0 Å². The first kappa shape index (κ1) is 10.2. The van der Waals surface area contributed by atoms with Gasteiger partial charge in [-0.05, 0) is 12.1 Å². The van der Waals surface area contributed by atoms with Crippen molar-refractivity contribution in [2.75, 3.05) is 7.11 Å². The molecule has 1 rings (SSSR count). The Labute approximate surface area is 82.1 Å². The molecule has 0 aliphatic rings. The highest BCUT2D eigenvalue weighted by atomic mass is 16.5. The van der Waals surface area contributed by atoms with Crippen molar-refractivity contribution in [3.8, 4) is 0 Å². The molecule has 1 radical (unpaired) electrons. The maximum absolute atomic E-state index is 11.5. The van der Waals surface area contributed by atoms with Gasteiger partial charge in [-0.15, -0.1) is 0 Å². The number of amides is 2. The van der Waals surface area contributed by atoms with Gasteiger partial charge < -0.3 is 4.74 Å². The molecule has 0 N–H and O–H groups in total. The first-order valence-electron chi connectivity index (χ1n) is 3.94. The van der Waals surface area contributed by atoms with E-state index in [4.69, 9.17) is 0 Å². The smallest absolute Gasteiger partial charge is 0.416 e. The summed E-state index contributed by atoms with van der Waals surface area (Å²) in [6.07, 6.45) is -0.779. The Balaban J connectivity index is 2.81. The van der Waals surface area contributed by atoms with Crippen LogP contribution in [0.4, 0.5) is 4.79 Å². The third-order valence-corrected chi connectivity index (χ3v) is 1.66. The Morgan fingerprint density at radius 1 is 1.29 bits per heavy atom. The lowest BCUT2D eigenvalue weighted by Gasteiger charge is -2.12. The maximum Gasteiger partial charge on any atom is 0.416 e. The van der Waals surface area contributed by atoms with Crippen molar-refractivity contribution in [2.24, 2.45) is 0 Å². The summed E-state index contributed by atoms with van der Waals surface area (Å²) in [5, 5.41) is 0. The fourth-order valence-electron chi connectivity index (χ4n) is 0.930. The van der Waals surface area contributed by atoms with Crippen LogP contribution in [0.25, 0.3) is 0 Å². The molecule has 0 saturated heterocycles. The van der Waals surface area contributed by atoms with Crippen LogP contribution in [-0.2, 0) is 4.74 Å². The molecule has 0 aliphatic carbocycles. The second-order valence-electron chi connectivity index (χ2n) is 2.57. The maximum atomic E-state index is 11.5. The minimum atomic E-state index is -0.779. The molecular weight excluding hydrogens is 182 g/mol. The summed E-state index contributed by atoms with van der Waals surface area (Å²) < 4.78 is 4.36. The van der Waals surface area contributed by atoms with Gasteiger partial charge in [0, 0.05) is 5.56 Å². The Morgan fingerprint density at radius 3 is 2.36 bits per heavy atom. The lowest BCUT2D eigenvalue weighted by Crippen LogP contribution is -2.30. The van der Waals surface area contributed by atoms with E-state index in [2.05, 4.69) is 11.8 Å². The molecule has 0 bridgehead atoms. The molecule has 0 fully saturated rings. The van der Waals surface area contributed by atoms with E-state index in [1.165, 1.54) is 7.11 Å². The standard InChI is InChI=1S/C10H10NO3/c1-11(10(13)14-2)9(12)8-6-4-3-5-7-8/h3-7H,1H2,2H3. The van der Waals surface area contributed by atoms with Crippen molar-refractivity contribution < 1.29 is 14.3 Å². The molecule has 1 aromatic carbocycles. The molecule has 73 valence electrons. The van der Waals surface area contributed by atoms with Crippen LogP contribution in [0.1, 0.15) is 10.4 Å². The number of carbonyl (C=O) groups excluding carboxylic acids is 2. The van der Waals surface area contributed by atoms with Gasteiger partial charge in [0.2, 0.25) is 0 Å². The average molecular weight is 192 g/mol. The van der Waals surface area contributed by atoms with Gasteiger partial charge in [-0.3, -0.25) is 4.79 Å². The molecular formula is C10H10NO3. The van der Waals surface area contributed by atoms with E-state index in [9.17, 15) is 9.59 Å². The summed E-state index contributed by atoms with van der Waals surface area (Å²) in [4.78, 5) is 23.1. The SMILES string of the molecule is [CH2]N(C(=O)OC)C(=O)c1ccccc1. The van der Waals surface area contributed by atoms with E-state index in [0.29, 0.717) is 10.5 Å². The number of hydrogen-bond acceptors (Lipinski definition) is 3. The van der Waals surface area contributed by atoms with Gasteiger partial charge in [0.1, 0.15) is 0 Å². The molecule has 0 aliphatic heterocycles. The fraction of sp³-hybridized carbons (Fsp3) is 0.100. The average Bonchev–Trinajstić information content (AvgIpc) is 2.27. The van der Waals surface area contributed by atoms with Gasteiger partial charge in [0.25, 0.3) is 5.91 Å². The molecule has 1 aromatic rings. The predicted molar refractivity (Wildman–Crippen MR) is 50.4 cm³/mol. The van der Waals surface area contributed by atoms with E-state index in [1.54, 1.807) is 30.3 Å². The minimum Gasteiger partial charge on any atom is -0.452 e. The molecule has 14 heavy (non-hydrogen) atoms. The van der Waals surface area contributed by atoms with Gasteiger partial charge in [-0.25, -0.2) is 9.69 Å². The lowest BCUT2D eigenvalue weighted by atomic mass is 10.2. The zero-order valence-corrected chi connectivity index (χ0v) is 7.77. The zero-order valence-electron chi connectivity index (χ0n) is 7.77. The van der Waals surface area contributed by atoms with Crippen molar-refractivity contribution in [2.45, 2.75) is 0 Å². The van der Waals surface area contributed by atoms with Gasteiger partial charge in [-0.2, -0.15) is 0 Å². The molecule has 0 atom stereocenters. The molecule has 0 aromatic heterocycles. The first-order valence-corrected chi connectivity index (χ1v) is 3.94. The summed E-state index contributed by atoms with van der Waals surface area (Å²) >= 11 is 0. The quantitative estimate of drug-likeness (QED) is 0.680. The summed E-state index contributed by atoms with van der Waals surface area (Å²) in [5.41, 5.74) is 0.396. The molecule has 0 saturated carbocycles. The highest BCUT2D eigenvalue weighted by Gasteiger charge is 2.18. The van der Waals surface area contributed by atoms with E-state index >= 15 is 0 Å². The molecule has 0 unspecified atom stereocenters. The topological polar surface area (TPSA) is 46.6 Å². The van der Waals surface area contributed by atoms with Gasteiger partial charge in [0.15, 0.2) is 0 Å². The van der Waals surface area contributed by atoms with Crippen LogP contribution in [0.5, 0.6) is 0 Å². The number of benzene rings is 1. The molecule has 2 amide bonds. The number of rotatable bonds is 1. The van der Waals surface area contributed by atoms with Crippen LogP contribution in [0.2, 0.25) is 0 Å². The van der Waals surface area contributed by atoms with Crippen molar-refractivity contribution in [1.29, 1.82) is 0 Å². The zero-order chi connectivity index (χ0) is 10.6. The van der Waals surface area contributed by atoms with E-state index in [0.717, 1.165) is 0 Å². The number of ether oxygens (including phenoxy) is 1. The Bertz CT molecular complexity index is 334. The van der Waals surface area contributed by atoms with E-state index < -0.39 is 12.0 Å². The Hall–Kier alpha value is -1.84. The molecule has 4 heteroatoms. The van der Waals surface area contributed by atoms with Gasteiger partial charge in [-0.1, -0.05) is 18.2 Å². The van der Waals surface area contributed by atoms with Crippen molar-refractivity contribution in [3.05, 3.63) is 42.9 Å². The first-order chi connectivity index (χ1) is 6.66. The molecule has 4 nitrogen and oxygen atoms in total. The van der Waals surface area contributed by atoms with Crippen molar-refractivity contribution >= 4 is 12.0 Å². The normalized spacial score (nSPS) is 9.29. The second kappa shape index (κ2) is 4.41. The van der Waals surface area contributed by atoms with Crippen LogP contribution < -0.4 is 0 Å². The monoisotopic (exact) mass is 192 g/mol. The van der Waals surface area contributed by atoms with Gasteiger partial charge in [0.05, 0.1) is 14.2 Å². The fourth-order valence-corrected chi connectivity index (χ4v) is 0.930. The van der Waals surface area contributed by atoms with E-state index in [-0.39, 0.29) is 0 Å². The van der Waals surface area contributed by atoms with Crippen molar-refractivity contribution in [1.82, 2.24) is 4.90 Å². The lowest BCUT2D eigenvalue weighted by molar-refractivity contribution is 0.0777. The van der Waals surface area contributed by atoms with Crippen LogP contribution in [0.15, 0.2) is 30.3 Å². The molecule has 0 heterocycles. The summed E-state index contributed by atoms with van der Waals surface area (Å²) in [6.45, 7) is 0. The highest BCUT2D eigenvalue weighted by molar-refractivity contribution is 6.02. The number of methoxy groups -OCH3 is 1. The number of hydrogen-bond donors (Lipinski definition) is 0. The second-order valence-corrected chi connectivity index (χ2v) is 2.57. The third kappa shape index (κ3) is 2.10. The van der Waals surface area contributed by atoms with E-state index in [1.807, 2.05) is 0 Å². The van der Waals surface area contributed by atoms with Gasteiger partial charge >= 0.3 is 6.09 Å². The number of carbonyl (C=O) groups is 2. The Morgan fingerprint density at radius 2 is 1.86 bits per heavy atom. The third-order valence-electron chi connectivity index (χ3n) is 1.66. The minimum absolute atomic E-state index is 0.396. The molecule has 0 spiro atoms.